The number of aliphatic hydroxyl groups is 1. The van der Waals surface area contributed by atoms with E-state index in [2.05, 4.69) is 10.1 Å². The van der Waals surface area contributed by atoms with Gasteiger partial charge in [-0.15, -0.1) is 0 Å². The lowest BCUT2D eigenvalue weighted by Gasteiger charge is -2.19. The maximum atomic E-state index is 9.79. The Morgan fingerprint density at radius 1 is 1.53 bits per heavy atom. The van der Waals surface area contributed by atoms with E-state index in [0.29, 0.717) is 31.5 Å². The number of aromatic nitrogens is 2. The minimum absolute atomic E-state index is 0.133. The van der Waals surface area contributed by atoms with Crippen LogP contribution in [-0.2, 0) is 15.9 Å². The van der Waals surface area contributed by atoms with Crippen LogP contribution >= 0.6 is 0 Å². The Hall–Kier alpha value is -1.02. The van der Waals surface area contributed by atoms with E-state index in [4.69, 9.17) is 19.7 Å². The van der Waals surface area contributed by atoms with Crippen LogP contribution in [0.4, 0.5) is 0 Å². The first-order valence-electron chi connectivity index (χ1n) is 5.55. The van der Waals surface area contributed by atoms with Crippen molar-refractivity contribution in [2.24, 2.45) is 5.73 Å². The van der Waals surface area contributed by atoms with Crippen LogP contribution in [0.3, 0.4) is 0 Å². The minimum Gasteiger partial charge on any atom is -0.388 e. The molecule has 0 saturated carbocycles. The standard InChI is InChI=1S/C10H17N3O4/c1-10(14,6-11)4-8-12-9(13-17-8)7-5-15-2-3-16-7/h7,14H,2-6,11H2,1H3. The van der Waals surface area contributed by atoms with Gasteiger partial charge in [0.2, 0.25) is 11.7 Å². The van der Waals surface area contributed by atoms with Crippen LogP contribution in [0.1, 0.15) is 24.7 Å². The third-order valence-corrected chi connectivity index (χ3v) is 2.56. The maximum Gasteiger partial charge on any atom is 0.229 e. The zero-order valence-corrected chi connectivity index (χ0v) is 9.76. The van der Waals surface area contributed by atoms with E-state index in [1.54, 1.807) is 6.92 Å². The van der Waals surface area contributed by atoms with Crippen molar-refractivity contribution < 1.29 is 19.1 Å². The Labute approximate surface area is 98.9 Å². The van der Waals surface area contributed by atoms with E-state index in [-0.39, 0.29) is 19.1 Å². The first-order chi connectivity index (χ1) is 8.11. The highest BCUT2D eigenvalue weighted by Gasteiger charge is 2.26. The van der Waals surface area contributed by atoms with Gasteiger partial charge in [-0.3, -0.25) is 0 Å². The van der Waals surface area contributed by atoms with Gasteiger partial charge in [-0.25, -0.2) is 0 Å². The van der Waals surface area contributed by atoms with Crippen LogP contribution < -0.4 is 5.73 Å². The van der Waals surface area contributed by atoms with E-state index >= 15 is 0 Å². The number of ether oxygens (including phenoxy) is 2. The van der Waals surface area contributed by atoms with Gasteiger partial charge in [0.25, 0.3) is 0 Å². The van der Waals surface area contributed by atoms with Gasteiger partial charge in [-0.1, -0.05) is 5.16 Å². The predicted octanol–water partition coefficient (Wildman–Crippen LogP) is -0.590. The molecule has 96 valence electrons. The van der Waals surface area contributed by atoms with Gasteiger partial charge in [0.1, 0.15) is 6.10 Å². The fourth-order valence-electron chi connectivity index (χ4n) is 1.51. The van der Waals surface area contributed by atoms with Crippen molar-refractivity contribution in [1.82, 2.24) is 10.1 Å². The Morgan fingerprint density at radius 3 is 3.00 bits per heavy atom. The first kappa shape index (κ1) is 12.4. The molecule has 0 bridgehead atoms. The lowest BCUT2D eigenvalue weighted by molar-refractivity contribution is -0.0941. The lowest BCUT2D eigenvalue weighted by atomic mass is 10.0. The molecule has 1 saturated heterocycles. The summed E-state index contributed by atoms with van der Waals surface area (Å²) in [5.41, 5.74) is 4.39. The zero-order valence-electron chi connectivity index (χ0n) is 9.76. The van der Waals surface area contributed by atoms with Crippen LogP contribution in [0.15, 0.2) is 4.52 Å². The predicted molar refractivity (Wildman–Crippen MR) is 57.2 cm³/mol. The molecule has 1 aromatic rings. The molecule has 0 aromatic carbocycles. The van der Waals surface area contributed by atoms with Crippen LogP contribution in [0, 0.1) is 0 Å². The highest BCUT2D eigenvalue weighted by molar-refractivity contribution is 4.95. The summed E-state index contributed by atoms with van der Waals surface area (Å²) in [5.74, 6) is 0.803. The summed E-state index contributed by atoms with van der Waals surface area (Å²) in [5, 5.41) is 13.6. The molecule has 1 aliphatic rings. The number of hydrogen-bond acceptors (Lipinski definition) is 7. The second kappa shape index (κ2) is 5.09. The smallest absolute Gasteiger partial charge is 0.229 e. The molecule has 0 aliphatic carbocycles. The molecule has 0 amide bonds. The Balaban J connectivity index is 2.00. The highest BCUT2D eigenvalue weighted by atomic mass is 16.6. The molecule has 7 nitrogen and oxygen atoms in total. The normalized spacial score (nSPS) is 24.5. The van der Waals surface area contributed by atoms with Crippen LogP contribution in [0.5, 0.6) is 0 Å². The average Bonchev–Trinajstić information content (AvgIpc) is 2.78. The molecule has 2 atom stereocenters. The molecule has 7 heteroatoms. The van der Waals surface area contributed by atoms with Crippen LogP contribution in [0.2, 0.25) is 0 Å². The lowest BCUT2D eigenvalue weighted by Crippen LogP contribution is -2.36. The molecule has 0 spiro atoms. The second-order valence-electron chi connectivity index (χ2n) is 4.36. The quantitative estimate of drug-likeness (QED) is 0.728. The van der Waals surface area contributed by atoms with Crippen molar-refractivity contribution in [2.45, 2.75) is 25.0 Å². The molecule has 2 unspecified atom stereocenters. The van der Waals surface area contributed by atoms with Gasteiger partial charge in [0.05, 0.1) is 31.8 Å². The van der Waals surface area contributed by atoms with Gasteiger partial charge in [0, 0.05) is 6.54 Å². The van der Waals surface area contributed by atoms with Crippen molar-refractivity contribution >= 4 is 0 Å². The molecule has 2 heterocycles. The molecular weight excluding hydrogens is 226 g/mol. The molecule has 3 N–H and O–H groups in total. The SMILES string of the molecule is CC(O)(CN)Cc1nc(C2COCCO2)no1. The summed E-state index contributed by atoms with van der Waals surface area (Å²) in [7, 11) is 0. The third-order valence-electron chi connectivity index (χ3n) is 2.56. The number of hydrogen-bond donors (Lipinski definition) is 2. The monoisotopic (exact) mass is 243 g/mol. The summed E-state index contributed by atoms with van der Waals surface area (Å²) in [6.45, 7) is 3.29. The van der Waals surface area contributed by atoms with Gasteiger partial charge in [-0.05, 0) is 6.92 Å². The van der Waals surface area contributed by atoms with E-state index in [9.17, 15) is 5.11 Å². The third kappa shape index (κ3) is 3.22. The molecule has 1 aromatic heterocycles. The number of nitrogens with zero attached hydrogens (tertiary/aromatic N) is 2. The number of nitrogens with two attached hydrogens (primary N) is 1. The topological polar surface area (TPSA) is 104 Å². The average molecular weight is 243 g/mol. The van der Waals surface area contributed by atoms with Gasteiger partial charge < -0.3 is 24.8 Å². The Kier molecular flexibility index (Phi) is 3.72. The van der Waals surface area contributed by atoms with Crippen molar-refractivity contribution in [1.29, 1.82) is 0 Å². The van der Waals surface area contributed by atoms with Crippen LogP contribution in [-0.4, -0.2) is 47.2 Å². The summed E-state index contributed by atoms with van der Waals surface area (Å²) >= 11 is 0. The largest absolute Gasteiger partial charge is 0.388 e. The number of rotatable bonds is 4. The van der Waals surface area contributed by atoms with E-state index in [0.717, 1.165) is 0 Å². The van der Waals surface area contributed by atoms with Crippen LogP contribution in [0.25, 0.3) is 0 Å². The fourth-order valence-corrected chi connectivity index (χ4v) is 1.51. The first-order valence-corrected chi connectivity index (χ1v) is 5.55. The van der Waals surface area contributed by atoms with E-state index in [1.807, 2.05) is 0 Å². The second-order valence-corrected chi connectivity index (χ2v) is 4.36. The summed E-state index contributed by atoms with van der Waals surface area (Å²) in [6.07, 6.45) is -0.0616. The molecule has 2 rings (SSSR count). The molecule has 17 heavy (non-hydrogen) atoms. The molecule has 1 fully saturated rings. The summed E-state index contributed by atoms with van der Waals surface area (Å²) in [6, 6.07) is 0. The molecule has 1 aliphatic heterocycles. The zero-order chi connectivity index (χ0) is 12.3. The Morgan fingerprint density at radius 2 is 2.35 bits per heavy atom. The summed E-state index contributed by atoms with van der Waals surface area (Å²) < 4.78 is 15.7. The van der Waals surface area contributed by atoms with Gasteiger partial charge in [0.15, 0.2) is 0 Å². The summed E-state index contributed by atoms with van der Waals surface area (Å²) in [4.78, 5) is 4.17. The fraction of sp³-hybridized carbons (Fsp3) is 0.800. The van der Waals surface area contributed by atoms with Gasteiger partial charge >= 0.3 is 0 Å². The van der Waals surface area contributed by atoms with E-state index in [1.165, 1.54) is 0 Å². The Bertz CT molecular complexity index is 360. The van der Waals surface area contributed by atoms with Crippen molar-refractivity contribution in [3.8, 4) is 0 Å². The molecule has 0 radical (unpaired) electrons. The van der Waals surface area contributed by atoms with Gasteiger partial charge in [-0.2, -0.15) is 4.98 Å². The van der Waals surface area contributed by atoms with Crippen molar-refractivity contribution in [3.63, 3.8) is 0 Å². The highest BCUT2D eigenvalue weighted by Crippen LogP contribution is 2.19. The van der Waals surface area contributed by atoms with Crippen molar-refractivity contribution in [2.75, 3.05) is 26.4 Å². The van der Waals surface area contributed by atoms with E-state index < -0.39 is 5.60 Å². The maximum absolute atomic E-state index is 9.79. The molecular formula is C10H17N3O4. The minimum atomic E-state index is -1.03. The van der Waals surface area contributed by atoms with Crippen molar-refractivity contribution in [3.05, 3.63) is 11.7 Å².